The van der Waals surface area contributed by atoms with Gasteiger partial charge in [0.1, 0.15) is 0 Å². The van der Waals surface area contributed by atoms with Gasteiger partial charge in [0, 0.05) is 26.9 Å². The van der Waals surface area contributed by atoms with E-state index < -0.39 is 8.80 Å². The minimum absolute atomic E-state index is 0.633. The van der Waals surface area contributed by atoms with E-state index in [0.717, 1.165) is 12.8 Å². The van der Waals surface area contributed by atoms with Crippen LogP contribution in [0.5, 0.6) is 0 Å². The van der Waals surface area contributed by atoms with Crippen molar-refractivity contribution in [3.63, 3.8) is 0 Å². The smallest absolute Gasteiger partial charge is 0.377 e. The Bertz CT molecular complexity index is 104. The standard InChI is InChI=1S/C8H19O3Si/c1-5-7-8-12(9-3,10-4)11-6-2/h8H,5-7H2,1-4H3. The molecule has 0 aromatic carbocycles. The Kier molecular flexibility index (Phi) is 6.65. The van der Waals surface area contributed by atoms with Crippen LogP contribution in [0.15, 0.2) is 0 Å². The van der Waals surface area contributed by atoms with E-state index in [2.05, 4.69) is 6.92 Å². The van der Waals surface area contributed by atoms with Crippen LogP contribution in [-0.4, -0.2) is 29.6 Å². The fourth-order valence-corrected chi connectivity index (χ4v) is 2.85. The van der Waals surface area contributed by atoms with Crippen molar-refractivity contribution in [3.05, 3.63) is 6.04 Å². The SMILES string of the molecule is CCC[CH][Si](OC)(OC)OCC. The molecule has 0 spiro atoms. The van der Waals surface area contributed by atoms with Gasteiger partial charge in [0.2, 0.25) is 0 Å². The normalized spacial score (nSPS) is 12.0. The summed E-state index contributed by atoms with van der Waals surface area (Å²) in [4.78, 5) is 0. The van der Waals surface area contributed by atoms with Gasteiger partial charge in [0.25, 0.3) is 0 Å². The Balaban J connectivity index is 3.95. The summed E-state index contributed by atoms with van der Waals surface area (Å²) in [5.41, 5.74) is 0. The molecule has 0 aromatic heterocycles. The fourth-order valence-electron chi connectivity index (χ4n) is 0.949. The lowest BCUT2D eigenvalue weighted by molar-refractivity contribution is 0.112. The Hall–Kier alpha value is 0.0969. The van der Waals surface area contributed by atoms with Crippen LogP contribution in [0, 0.1) is 6.04 Å². The summed E-state index contributed by atoms with van der Waals surface area (Å²) >= 11 is 0. The molecule has 0 aliphatic rings. The number of hydrogen-bond donors (Lipinski definition) is 0. The summed E-state index contributed by atoms with van der Waals surface area (Å²) in [5, 5.41) is 0. The molecule has 0 atom stereocenters. The minimum atomic E-state index is -2.39. The van der Waals surface area contributed by atoms with Crippen LogP contribution in [0.25, 0.3) is 0 Å². The van der Waals surface area contributed by atoms with Gasteiger partial charge in [-0.3, -0.25) is 0 Å². The zero-order valence-corrected chi connectivity index (χ0v) is 9.42. The molecule has 0 aromatic rings. The van der Waals surface area contributed by atoms with Crippen LogP contribution in [0.2, 0.25) is 0 Å². The third-order valence-corrected chi connectivity index (χ3v) is 4.22. The monoisotopic (exact) mass is 191 g/mol. The maximum atomic E-state index is 5.47. The number of hydrogen-bond acceptors (Lipinski definition) is 3. The van der Waals surface area contributed by atoms with Gasteiger partial charge in [-0.25, -0.2) is 0 Å². The van der Waals surface area contributed by atoms with E-state index >= 15 is 0 Å². The number of unbranched alkanes of at least 4 members (excludes halogenated alkanes) is 1. The van der Waals surface area contributed by atoms with Gasteiger partial charge < -0.3 is 13.3 Å². The second-order valence-electron chi connectivity index (χ2n) is 2.44. The van der Waals surface area contributed by atoms with Crippen LogP contribution in [0.3, 0.4) is 0 Å². The maximum absolute atomic E-state index is 5.47. The molecule has 0 bridgehead atoms. The highest BCUT2D eigenvalue weighted by Gasteiger charge is 2.37. The average Bonchev–Trinajstić information content (AvgIpc) is 2.13. The Labute approximate surface area is 76.4 Å². The van der Waals surface area contributed by atoms with Gasteiger partial charge in [-0.2, -0.15) is 0 Å². The topological polar surface area (TPSA) is 27.7 Å². The second kappa shape index (κ2) is 6.60. The third kappa shape index (κ3) is 3.67. The summed E-state index contributed by atoms with van der Waals surface area (Å²) in [6, 6.07) is 2.04. The van der Waals surface area contributed by atoms with Gasteiger partial charge >= 0.3 is 8.80 Å². The van der Waals surface area contributed by atoms with E-state index in [1.54, 1.807) is 14.2 Å². The molecule has 0 heterocycles. The zero-order chi connectivity index (χ0) is 9.45. The molecule has 1 radical (unpaired) electrons. The molecule has 0 rings (SSSR count). The van der Waals surface area contributed by atoms with Gasteiger partial charge in [0.05, 0.1) is 0 Å². The Morgan fingerprint density at radius 1 is 1.17 bits per heavy atom. The molecule has 0 aliphatic carbocycles. The van der Waals surface area contributed by atoms with E-state index in [1.165, 1.54) is 0 Å². The van der Waals surface area contributed by atoms with E-state index in [4.69, 9.17) is 13.3 Å². The highest BCUT2D eigenvalue weighted by atomic mass is 28.4. The van der Waals surface area contributed by atoms with Crippen molar-refractivity contribution in [2.24, 2.45) is 0 Å². The van der Waals surface area contributed by atoms with Crippen molar-refractivity contribution < 1.29 is 13.3 Å². The van der Waals surface area contributed by atoms with Crippen LogP contribution < -0.4 is 0 Å². The third-order valence-electron chi connectivity index (χ3n) is 1.60. The lowest BCUT2D eigenvalue weighted by Crippen LogP contribution is -2.44. The van der Waals surface area contributed by atoms with E-state index in [-0.39, 0.29) is 0 Å². The Morgan fingerprint density at radius 3 is 2.08 bits per heavy atom. The highest BCUT2D eigenvalue weighted by Crippen LogP contribution is 2.14. The molecule has 0 saturated carbocycles. The van der Waals surface area contributed by atoms with E-state index in [9.17, 15) is 0 Å². The first-order valence-corrected chi connectivity index (χ1v) is 6.13. The molecule has 4 heteroatoms. The Morgan fingerprint density at radius 2 is 1.75 bits per heavy atom. The molecule has 12 heavy (non-hydrogen) atoms. The van der Waals surface area contributed by atoms with Crippen molar-refractivity contribution in [2.75, 3.05) is 20.8 Å². The largest absolute Gasteiger partial charge is 0.503 e. The van der Waals surface area contributed by atoms with Gasteiger partial charge in [-0.15, -0.1) is 0 Å². The minimum Gasteiger partial charge on any atom is -0.377 e. The van der Waals surface area contributed by atoms with Crippen LogP contribution in [0.1, 0.15) is 26.7 Å². The van der Waals surface area contributed by atoms with Crippen LogP contribution in [0.4, 0.5) is 0 Å². The first-order valence-electron chi connectivity index (χ1n) is 4.33. The first kappa shape index (κ1) is 12.1. The van der Waals surface area contributed by atoms with Gasteiger partial charge in [-0.05, 0) is 13.3 Å². The lowest BCUT2D eigenvalue weighted by Gasteiger charge is -2.25. The van der Waals surface area contributed by atoms with E-state index in [1.807, 2.05) is 13.0 Å². The molecule has 73 valence electrons. The predicted octanol–water partition coefficient (Wildman–Crippen LogP) is 1.80. The number of rotatable bonds is 7. The fraction of sp³-hybridized carbons (Fsp3) is 0.875. The van der Waals surface area contributed by atoms with Gasteiger partial charge in [-0.1, -0.05) is 13.3 Å². The summed E-state index contributed by atoms with van der Waals surface area (Å²) in [6.45, 7) is 4.70. The molecule has 0 aliphatic heterocycles. The van der Waals surface area contributed by atoms with Crippen molar-refractivity contribution in [3.8, 4) is 0 Å². The molecular weight excluding hydrogens is 172 g/mol. The molecule has 0 saturated heterocycles. The summed E-state index contributed by atoms with van der Waals surface area (Å²) < 4.78 is 16.0. The summed E-state index contributed by atoms with van der Waals surface area (Å²) in [7, 11) is 0.883. The molecule has 0 amide bonds. The molecule has 0 fully saturated rings. The highest BCUT2D eigenvalue weighted by molar-refractivity contribution is 6.64. The predicted molar refractivity (Wildman–Crippen MR) is 50.6 cm³/mol. The average molecular weight is 191 g/mol. The maximum Gasteiger partial charge on any atom is 0.503 e. The van der Waals surface area contributed by atoms with Crippen molar-refractivity contribution in [2.45, 2.75) is 26.7 Å². The summed E-state index contributed by atoms with van der Waals surface area (Å²) in [6.07, 6.45) is 2.07. The van der Waals surface area contributed by atoms with Crippen molar-refractivity contribution in [1.29, 1.82) is 0 Å². The molecule has 0 N–H and O–H groups in total. The molecule has 3 nitrogen and oxygen atoms in total. The van der Waals surface area contributed by atoms with Crippen molar-refractivity contribution >= 4 is 8.80 Å². The quantitative estimate of drug-likeness (QED) is 0.574. The molecular formula is C8H19O3Si. The second-order valence-corrected chi connectivity index (χ2v) is 5.16. The summed E-state index contributed by atoms with van der Waals surface area (Å²) in [5.74, 6) is 0. The molecule has 0 unspecified atom stereocenters. The van der Waals surface area contributed by atoms with Crippen LogP contribution >= 0.6 is 0 Å². The van der Waals surface area contributed by atoms with Crippen molar-refractivity contribution in [1.82, 2.24) is 0 Å². The van der Waals surface area contributed by atoms with E-state index in [0.29, 0.717) is 6.61 Å². The van der Waals surface area contributed by atoms with Crippen LogP contribution in [-0.2, 0) is 13.3 Å². The first-order chi connectivity index (χ1) is 5.74. The lowest BCUT2D eigenvalue weighted by atomic mass is 10.4. The van der Waals surface area contributed by atoms with Gasteiger partial charge in [0.15, 0.2) is 0 Å². The zero-order valence-electron chi connectivity index (χ0n) is 8.42.